The lowest BCUT2D eigenvalue weighted by atomic mass is 9.93. The van der Waals surface area contributed by atoms with Crippen LogP contribution in [-0.4, -0.2) is 6.61 Å². The SMILES string of the molecule is C[C@H]1COc2ccccc2[C@@H]1[NH]. The van der Waals surface area contributed by atoms with Crippen LogP contribution >= 0.6 is 0 Å². The molecule has 2 heteroatoms. The van der Waals surface area contributed by atoms with Gasteiger partial charge in [-0.2, -0.15) is 0 Å². The van der Waals surface area contributed by atoms with Crippen molar-refractivity contribution in [2.24, 2.45) is 5.92 Å². The highest BCUT2D eigenvalue weighted by molar-refractivity contribution is 5.37. The molecule has 0 bridgehead atoms. The van der Waals surface area contributed by atoms with Crippen molar-refractivity contribution in [3.05, 3.63) is 29.8 Å². The summed E-state index contributed by atoms with van der Waals surface area (Å²) in [6.45, 7) is 2.72. The third kappa shape index (κ3) is 1.08. The molecule has 0 unspecified atom stereocenters. The summed E-state index contributed by atoms with van der Waals surface area (Å²) in [6.07, 6.45) is 0. The lowest BCUT2D eigenvalue weighted by molar-refractivity contribution is 0.204. The first-order valence-corrected chi connectivity index (χ1v) is 4.22. The molecule has 2 nitrogen and oxygen atoms in total. The first kappa shape index (κ1) is 7.62. The molecule has 0 aliphatic carbocycles. The number of ether oxygens (including phenoxy) is 1. The third-order valence-electron chi connectivity index (χ3n) is 2.32. The summed E-state index contributed by atoms with van der Waals surface area (Å²) in [7, 11) is 0. The van der Waals surface area contributed by atoms with Crippen LogP contribution in [0.2, 0.25) is 0 Å². The van der Waals surface area contributed by atoms with Crippen molar-refractivity contribution in [3.63, 3.8) is 0 Å². The zero-order valence-electron chi connectivity index (χ0n) is 7.08. The second-order valence-electron chi connectivity index (χ2n) is 3.30. The van der Waals surface area contributed by atoms with E-state index in [0.29, 0.717) is 12.5 Å². The van der Waals surface area contributed by atoms with Gasteiger partial charge in [0.1, 0.15) is 5.75 Å². The van der Waals surface area contributed by atoms with Gasteiger partial charge >= 0.3 is 0 Å². The van der Waals surface area contributed by atoms with E-state index >= 15 is 0 Å². The quantitative estimate of drug-likeness (QED) is 0.574. The molecule has 63 valence electrons. The summed E-state index contributed by atoms with van der Waals surface area (Å²) in [6, 6.07) is 7.70. The molecule has 1 heterocycles. The lowest BCUT2D eigenvalue weighted by Crippen LogP contribution is -2.24. The van der Waals surface area contributed by atoms with Gasteiger partial charge in [-0.1, -0.05) is 25.1 Å². The Labute approximate surface area is 72.3 Å². The minimum atomic E-state index is -0.116. The molecule has 2 atom stereocenters. The molecular formula is C10H12NO. The summed E-state index contributed by atoms with van der Waals surface area (Å²) >= 11 is 0. The molecule has 1 aliphatic rings. The van der Waals surface area contributed by atoms with Crippen molar-refractivity contribution in [1.29, 1.82) is 0 Å². The van der Waals surface area contributed by atoms with Gasteiger partial charge in [-0.15, -0.1) is 0 Å². The third-order valence-corrected chi connectivity index (χ3v) is 2.32. The standard InChI is InChI=1S/C10H12NO/c1-7-6-12-9-5-3-2-4-8(9)10(7)11/h2-5,7,10-11H,6H2,1H3/t7-,10+/m0/s1. The molecular weight excluding hydrogens is 150 g/mol. The molecule has 0 amide bonds. The summed E-state index contributed by atoms with van der Waals surface area (Å²) in [4.78, 5) is 0. The van der Waals surface area contributed by atoms with Crippen LogP contribution < -0.4 is 10.5 Å². The van der Waals surface area contributed by atoms with Gasteiger partial charge in [0.2, 0.25) is 0 Å². The van der Waals surface area contributed by atoms with E-state index < -0.39 is 0 Å². The first-order valence-electron chi connectivity index (χ1n) is 4.22. The highest BCUT2D eigenvalue weighted by Crippen LogP contribution is 2.33. The average molecular weight is 162 g/mol. The molecule has 12 heavy (non-hydrogen) atoms. The zero-order valence-corrected chi connectivity index (χ0v) is 7.08. The van der Waals surface area contributed by atoms with Crippen molar-refractivity contribution in [2.45, 2.75) is 13.0 Å². The molecule has 2 rings (SSSR count). The molecule has 1 radical (unpaired) electrons. The van der Waals surface area contributed by atoms with E-state index in [0.717, 1.165) is 11.3 Å². The van der Waals surface area contributed by atoms with E-state index in [1.54, 1.807) is 0 Å². The second kappa shape index (κ2) is 2.79. The predicted molar refractivity (Wildman–Crippen MR) is 46.9 cm³/mol. The van der Waals surface area contributed by atoms with Crippen molar-refractivity contribution < 1.29 is 4.74 Å². The topological polar surface area (TPSA) is 33.0 Å². The summed E-state index contributed by atoms with van der Waals surface area (Å²) < 4.78 is 5.49. The Kier molecular flexibility index (Phi) is 1.77. The van der Waals surface area contributed by atoms with Gasteiger partial charge in [0.15, 0.2) is 0 Å². The molecule has 0 spiro atoms. The Balaban J connectivity index is 2.42. The van der Waals surface area contributed by atoms with Gasteiger partial charge in [-0.3, -0.25) is 0 Å². The highest BCUT2D eigenvalue weighted by Gasteiger charge is 2.24. The fourth-order valence-corrected chi connectivity index (χ4v) is 1.49. The molecule has 0 saturated carbocycles. The molecule has 1 N–H and O–H groups in total. The maximum Gasteiger partial charge on any atom is 0.124 e. The monoisotopic (exact) mass is 162 g/mol. The van der Waals surface area contributed by atoms with E-state index in [4.69, 9.17) is 10.5 Å². The van der Waals surface area contributed by atoms with Gasteiger partial charge < -0.3 is 4.74 Å². The molecule has 0 saturated heterocycles. The Morgan fingerprint density at radius 2 is 2.17 bits per heavy atom. The smallest absolute Gasteiger partial charge is 0.124 e. The van der Waals surface area contributed by atoms with Crippen LogP contribution in [0.4, 0.5) is 0 Å². The fraction of sp³-hybridized carbons (Fsp3) is 0.400. The largest absolute Gasteiger partial charge is 0.493 e. The van der Waals surface area contributed by atoms with E-state index in [2.05, 4.69) is 0 Å². The van der Waals surface area contributed by atoms with Gasteiger partial charge in [-0.25, -0.2) is 5.73 Å². The predicted octanol–water partition coefficient (Wildman–Crippen LogP) is 2.04. The minimum absolute atomic E-state index is 0.116. The number of fused-ring (bicyclic) bond motifs is 1. The molecule has 0 aromatic heterocycles. The van der Waals surface area contributed by atoms with Crippen LogP contribution in [0.1, 0.15) is 18.5 Å². The van der Waals surface area contributed by atoms with E-state index in [-0.39, 0.29) is 6.04 Å². The van der Waals surface area contributed by atoms with Gasteiger partial charge in [0.25, 0.3) is 0 Å². The number of hydrogen-bond acceptors (Lipinski definition) is 1. The summed E-state index contributed by atoms with van der Waals surface area (Å²) in [5, 5.41) is 0. The Hall–Kier alpha value is -1.02. The maximum absolute atomic E-state index is 7.88. The Bertz CT molecular complexity index is 285. The Morgan fingerprint density at radius 1 is 1.42 bits per heavy atom. The average Bonchev–Trinajstić information content (AvgIpc) is 2.12. The number of hydrogen-bond donors (Lipinski definition) is 0. The van der Waals surface area contributed by atoms with E-state index in [1.165, 1.54) is 0 Å². The van der Waals surface area contributed by atoms with Crippen molar-refractivity contribution >= 4 is 0 Å². The Morgan fingerprint density at radius 3 is 3.00 bits per heavy atom. The van der Waals surface area contributed by atoms with Gasteiger partial charge in [0, 0.05) is 11.5 Å². The van der Waals surface area contributed by atoms with Crippen LogP contribution in [0.15, 0.2) is 24.3 Å². The van der Waals surface area contributed by atoms with E-state index in [1.807, 2.05) is 31.2 Å². The van der Waals surface area contributed by atoms with Crippen molar-refractivity contribution in [2.75, 3.05) is 6.61 Å². The molecule has 1 aromatic rings. The highest BCUT2D eigenvalue weighted by atomic mass is 16.5. The minimum Gasteiger partial charge on any atom is -0.493 e. The normalized spacial score (nSPS) is 27.5. The second-order valence-corrected chi connectivity index (χ2v) is 3.30. The lowest BCUT2D eigenvalue weighted by Gasteiger charge is -2.27. The van der Waals surface area contributed by atoms with Crippen LogP contribution in [0.3, 0.4) is 0 Å². The van der Waals surface area contributed by atoms with Crippen LogP contribution in [0, 0.1) is 5.92 Å². The van der Waals surface area contributed by atoms with Crippen LogP contribution in [0.5, 0.6) is 5.75 Å². The van der Waals surface area contributed by atoms with E-state index in [9.17, 15) is 0 Å². The first-order chi connectivity index (χ1) is 5.79. The zero-order chi connectivity index (χ0) is 8.55. The van der Waals surface area contributed by atoms with Crippen molar-refractivity contribution in [3.8, 4) is 5.75 Å². The van der Waals surface area contributed by atoms with Gasteiger partial charge in [-0.05, 0) is 6.07 Å². The van der Waals surface area contributed by atoms with Gasteiger partial charge in [0.05, 0.1) is 12.6 Å². The van der Waals surface area contributed by atoms with Crippen LogP contribution in [0.25, 0.3) is 0 Å². The maximum atomic E-state index is 7.88. The number of rotatable bonds is 0. The van der Waals surface area contributed by atoms with Crippen LogP contribution in [-0.2, 0) is 0 Å². The summed E-state index contributed by atoms with van der Waals surface area (Å²) in [5.41, 5.74) is 8.90. The molecule has 1 aromatic carbocycles. The fourth-order valence-electron chi connectivity index (χ4n) is 1.49. The summed E-state index contributed by atoms with van der Waals surface area (Å²) in [5.74, 6) is 1.19. The van der Waals surface area contributed by atoms with Crippen molar-refractivity contribution in [1.82, 2.24) is 5.73 Å². The molecule has 0 fully saturated rings. The number of benzene rings is 1. The number of nitrogens with one attached hydrogen (secondary N) is 1. The number of para-hydroxylation sites is 1. The molecule has 1 aliphatic heterocycles.